The van der Waals surface area contributed by atoms with E-state index in [9.17, 15) is 19.2 Å². The molecule has 0 atom stereocenters. The van der Waals surface area contributed by atoms with Crippen LogP contribution in [0.4, 0.5) is 0 Å². The van der Waals surface area contributed by atoms with Crippen molar-refractivity contribution < 1.29 is 33.4 Å². The summed E-state index contributed by atoms with van der Waals surface area (Å²) in [5, 5.41) is 1.78. The summed E-state index contributed by atoms with van der Waals surface area (Å²) >= 11 is 1.10. The van der Waals surface area contributed by atoms with Gasteiger partial charge < -0.3 is 14.2 Å². The third kappa shape index (κ3) is 4.53. The van der Waals surface area contributed by atoms with Crippen LogP contribution in [-0.2, 0) is 22.6 Å². The summed E-state index contributed by atoms with van der Waals surface area (Å²) in [6.45, 7) is 1.77. The lowest BCUT2D eigenvalue weighted by Gasteiger charge is -2.15. The zero-order valence-electron chi connectivity index (χ0n) is 18.4. The molecule has 9 nitrogen and oxygen atoms in total. The average molecular weight is 480 g/mol. The molecule has 2 amide bonds. The van der Waals surface area contributed by atoms with Crippen LogP contribution in [0.15, 0.2) is 47.8 Å². The number of benzene rings is 2. The average Bonchev–Trinajstić information content (AvgIpc) is 3.42. The van der Waals surface area contributed by atoms with Crippen LogP contribution in [0.2, 0.25) is 0 Å². The molecule has 4 rings (SSSR count). The first-order valence-electron chi connectivity index (χ1n) is 10.3. The number of hydrogen-bond donors (Lipinski definition) is 0. The van der Waals surface area contributed by atoms with E-state index in [2.05, 4.69) is 4.98 Å². The Morgan fingerprint density at radius 2 is 1.71 bits per heavy atom. The number of rotatable bonds is 8. The highest BCUT2D eigenvalue weighted by Crippen LogP contribution is 2.27. The van der Waals surface area contributed by atoms with Crippen molar-refractivity contribution >= 4 is 35.1 Å². The number of fused-ring (bicyclic) bond motifs is 1. The molecule has 0 fully saturated rings. The maximum atomic E-state index is 12.8. The first kappa shape index (κ1) is 23.1. The fourth-order valence-electron chi connectivity index (χ4n) is 3.46. The molecule has 1 aromatic heterocycles. The predicted octanol–water partition coefficient (Wildman–Crippen LogP) is 3.48. The summed E-state index contributed by atoms with van der Waals surface area (Å²) in [7, 11) is 1.42. The van der Waals surface area contributed by atoms with Crippen molar-refractivity contribution in [1.29, 1.82) is 0 Å². The minimum Gasteiger partial charge on any atom is -0.496 e. The van der Waals surface area contributed by atoms with Crippen molar-refractivity contribution in [2.75, 3.05) is 13.7 Å². The molecule has 2 heterocycles. The fraction of sp³-hybridized carbons (Fsp3) is 0.208. The maximum Gasteiger partial charge on any atom is 0.367 e. The zero-order valence-corrected chi connectivity index (χ0v) is 19.2. The quantitative estimate of drug-likeness (QED) is 0.356. The Hall–Kier alpha value is -4.05. The number of hydrogen-bond acceptors (Lipinski definition) is 9. The van der Waals surface area contributed by atoms with Gasteiger partial charge in [-0.2, -0.15) is 0 Å². The van der Waals surface area contributed by atoms with E-state index in [-0.39, 0.29) is 47.9 Å². The summed E-state index contributed by atoms with van der Waals surface area (Å²) in [5.41, 5.74) is 1.80. The first-order chi connectivity index (χ1) is 16.4. The summed E-state index contributed by atoms with van der Waals surface area (Å²) < 4.78 is 15.5. The molecule has 34 heavy (non-hydrogen) atoms. The van der Waals surface area contributed by atoms with Crippen molar-refractivity contribution in [2.24, 2.45) is 0 Å². The molecule has 1 aliphatic rings. The Morgan fingerprint density at radius 1 is 1.00 bits per heavy atom. The van der Waals surface area contributed by atoms with Crippen LogP contribution in [0.3, 0.4) is 0 Å². The lowest BCUT2D eigenvalue weighted by Crippen LogP contribution is -2.29. The molecule has 0 saturated heterocycles. The van der Waals surface area contributed by atoms with Crippen LogP contribution in [-0.4, -0.2) is 47.4 Å². The van der Waals surface area contributed by atoms with E-state index < -0.39 is 11.9 Å². The van der Waals surface area contributed by atoms with Crippen LogP contribution in [0.25, 0.3) is 0 Å². The summed E-state index contributed by atoms with van der Waals surface area (Å²) in [6, 6.07) is 11.4. The molecule has 1 aliphatic heterocycles. The second-order valence-corrected chi connectivity index (χ2v) is 8.08. The molecule has 0 N–H and O–H groups in total. The Balaban J connectivity index is 1.47. The van der Waals surface area contributed by atoms with Crippen molar-refractivity contribution in [2.45, 2.75) is 20.1 Å². The number of imide groups is 1. The smallest absolute Gasteiger partial charge is 0.367 e. The standard InChI is InChI=1S/C24H20N2O7S/c1-3-32-24(30)20-25-15(13-34-20)12-33-23(29)18-10-14(8-9-19(18)31-2)11-26-21(27)16-6-4-5-7-17(16)22(26)28/h4-10,13H,3,11-12H2,1-2H3. The van der Waals surface area contributed by atoms with E-state index in [1.54, 1.807) is 48.7 Å². The zero-order chi connectivity index (χ0) is 24.2. The van der Waals surface area contributed by atoms with Gasteiger partial charge in [-0.05, 0) is 36.8 Å². The SMILES string of the molecule is CCOC(=O)c1nc(COC(=O)c2cc(CN3C(=O)c4ccccc4C3=O)ccc2OC)cs1. The molecular formula is C24H20N2O7S. The van der Waals surface area contributed by atoms with Gasteiger partial charge in [0.05, 0.1) is 37.1 Å². The van der Waals surface area contributed by atoms with Gasteiger partial charge in [0, 0.05) is 5.38 Å². The molecule has 0 aliphatic carbocycles. The Labute approximate surface area is 198 Å². The molecule has 3 aromatic rings. The number of methoxy groups -OCH3 is 1. The summed E-state index contributed by atoms with van der Waals surface area (Å²) in [5.74, 6) is -1.70. The van der Waals surface area contributed by atoms with Gasteiger partial charge in [0.25, 0.3) is 11.8 Å². The Bertz CT molecular complexity index is 1250. The number of esters is 2. The molecule has 174 valence electrons. The monoisotopic (exact) mass is 480 g/mol. The van der Waals surface area contributed by atoms with Gasteiger partial charge in [0.2, 0.25) is 5.01 Å². The number of carbonyl (C=O) groups excluding carboxylic acids is 4. The Kier molecular flexibility index (Phi) is 6.69. The second-order valence-electron chi connectivity index (χ2n) is 7.22. The molecular weight excluding hydrogens is 460 g/mol. The van der Waals surface area contributed by atoms with Crippen LogP contribution < -0.4 is 4.74 Å². The van der Waals surface area contributed by atoms with Crippen molar-refractivity contribution in [3.63, 3.8) is 0 Å². The van der Waals surface area contributed by atoms with Crippen LogP contribution in [0.5, 0.6) is 5.75 Å². The maximum absolute atomic E-state index is 12.8. The predicted molar refractivity (Wildman–Crippen MR) is 121 cm³/mol. The Morgan fingerprint density at radius 3 is 2.35 bits per heavy atom. The van der Waals surface area contributed by atoms with Gasteiger partial charge in [-0.3, -0.25) is 14.5 Å². The summed E-state index contributed by atoms with van der Waals surface area (Å²) in [4.78, 5) is 55.1. The molecule has 0 saturated carbocycles. The molecule has 10 heteroatoms. The van der Waals surface area contributed by atoms with Gasteiger partial charge in [-0.1, -0.05) is 18.2 Å². The highest BCUT2D eigenvalue weighted by atomic mass is 32.1. The highest BCUT2D eigenvalue weighted by molar-refractivity contribution is 7.11. The number of amides is 2. The largest absolute Gasteiger partial charge is 0.496 e. The van der Waals surface area contributed by atoms with E-state index in [0.29, 0.717) is 22.4 Å². The van der Waals surface area contributed by atoms with E-state index in [0.717, 1.165) is 16.2 Å². The molecule has 0 radical (unpaired) electrons. The highest BCUT2D eigenvalue weighted by Gasteiger charge is 2.35. The first-order valence-corrected chi connectivity index (χ1v) is 11.2. The van der Waals surface area contributed by atoms with Crippen molar-refractivity contribution in [1.82, 2.24) is 9.88 Å². The number of thiazole rings is 1. The number of carbonyl (C=O) groups is 4. The number of aromatic nitrogens is 1. The second kappa shape index (κ2) is 9.84. The van der Waals surface area contributed by atoms with Gasteiger partial charge in [-0.25, -0.2) is 14.6 Å². The third-order valence-corrected chi connectivity index (χ3v) is 5.93. The van der Waals surface area contributed by atoms with Gasteiger partial charge >= 0.3 is 11.9 Å². The molecule has 2 aromatic carbocycles. The normalized spacial score (nSPS) is 12.5. The molecule has 0 bridgehead atoms. The van der Waals surface area contributed by atoms with Gasteiger partial charge in [-0.15, -0.1) is 11.3 Å². The minimum atomic E-state index is -0.674. The lowest BCUT2D eigenvalue weighted by atomic mass is 10.1. The lowest BCUT2D eigenvalue weighted by molar-refractivity contribution is 0.0464. The van der Waals surface area contributed by atoms with Gasteiger partial charge in [0.1, 0.15) is 17.9 Å². The van der Waals surface area contributed by atoms with Crippen LogP contribution >= 0.6 is 11.3 Å². The van der Waals surface area contributed by atoms with Crippen molar-refractivity contribution in [3.8, 4) is 5.75 Å². The van der Waals surface area contributed by atoms with Gasteiger partial charge in [0.15, 0.2) is 0 Å². The molecule has 0 unspecified atom stereocenters. The topological polar surface area (TPSA) is 112 Å². The minimum absolute atomic E-state index is 0.00833. The van der Waals surface area contributed by atoms with E-state index >= 15 is 0 Å². The third-order valence-electron chi connectivity index (χ3n) is 5.06. The van der Waals surface area contributed by atoms with Crippen molar-refractivity contribution in [3.05, 3.63) is 80.8 Å². The fourth-order valence-corrected chi connectivity index (χ4v) is 4.15. The van der Waals surface area contributed by atoms with E-state index in [1.807, 2.05) is 0 Å². The molecule has 0 spiro atoms. The van der Waals surface area contributed by atoms with Crippen LogP contribution in [0.1, 0.15) is 59.1 Å². The summed E-state index contributed by atoms with van der Waals surface area (Å²) in [6.07, 6.45) is 0. The number of nitrogens with zero attached hydrogens (tertiary/aromatic N) is 2. The van der Waals surface area contributed by atoms with Crippen LogP contribution in [0, 0.1) is 0 Å². The van der Waals surface area contributed by atoms with E-state index in [1.165, 1.54) is 13.2 Å². The number of ether oxygens (including phenoxy) is 3. The van der Waals surface area contributed by atoms with E-state index in [4.69, 9.17) is 14.2 Å².